The predicted molar refractivity (Wildman–Crippen MR) is 66.0 cm³/mol. The highest BCUT2D eigenvalue weighted by Crippen LogP contribution is 2.36. The van der Waals surface area contributed by atoms with Gasteiger partial charge in [0.1, 0.15) is 0 Å². The molecule has 0 spiro atoms. The first-order chi connectivity index (χ1) is 7.65. The Morgan fingerprint density at radius 2 is 2.25 bits per heavy atom. The molecule has 0 radical (unpaired) electrons. The number of carbonyl (C=O) groups excluding carboxylic acids is 1. The van der Waals surface area contributed by atoms with Gasteiger partial charge in [-0.15, -0.1) is 0 Å². The van der Waals surface area contributed by atoms with Gasteiger partial charge >= 0.3 is 0 Å². The molecule has 1 saturated carbocycles. The molecule has 0 N–H and O–H groups in total. The van der Waals surface area contributed by atoms with Crippen LogP contribution in [0.15, 0.2) is 21.6 Å². The van der Waals surface area contributed by atoms with E-state index in [9.17, 15) is 4.79 Å². The van der Waals surface area contributed by atoms with E-state index in [-0.39, 0.29) is 5.78 Å². The van der Waals surface area contributed by atoms with Crippen LogP contribution in [0.4, 0.5) is 0 Å². The monoisotopic (exact) mass is 238 g/mol. The molecule has 88 valence electrons. The van der Waals surface area contributed by atoms with Crippen LogP contribution in [-0.2, 0) is 0 Å². The third kappa shape index (κ3) is 2.91. The number of hydrogen-bond donors (Lipinski definition) is 0. The van der Waals surface area contributed by atoms with E-state index in [1.54, 1.807) is 17.8 Å². The number of furan rings is 1. The van der Waals surface area contributed by atoms with E-state index in [0.29, 0.717) is 11.0 Å². The first kappa shape index (κ1) is 11.8. The van der Waals surface area contributed by atoms with Crippen LogP contribution in [0, 0.1) is 5.92 Å². The standard InChI is InChI=1S/C13H18O2S/c1-9-4-3-5-11(8-9)16-13-7-6-12(15-13)10(2)14/h6-7,9,11H,3-5,8H2,1-2H3. The van der Waals surface area contributed by atoms with Crippen LogP contribution in [-0.4, -0.2) is 11.0 Å². The fourth-order valence-electron chi connectivity index (χ4n) is 2.22. The Labute approximate surface area is 101 Å². The number of hydrogen-bond acceptors (Lipinski definition) is 3. The highest BCUT2D eigenvalue weighted by molar-refractivity contribution is 7.99. The van der Waals surface area contributed by atoms with Gasteiger partial charge in [0, 0.05) is 12.2 Å². The molecule has 2 nitrogen and oxygen atoms in total. The molecular weight excluding hydrogens is 220 g/mol. The molecule has 0 amide bonds. The second kappa shape index (κ2) is 5.09. The largest absolute Gasteiger partial charge is 0.447 e. The summed E-state index contributed by atoms with van der Waals surface area (Å²) in [5, 5.41) is 1.55. The summed E-state index contributed by atoms with van der Waals surface area (Å²) in [7, 11) is 0. The van der Waals surface area contributed by atoms with Crippen LogP contribution in [0.1, 0.15) is 50.1 Å². The number of carbonyl (C=O) groups is 1. The minimum atomic E-state index is 0.00358. The van der Waals surface area contributed by atoms with Crippen molar-refractivity contribution in [1.29, 1.82) is 0 Å². The van der Waals surface area contributed by atoms with Crippen molar-refractivity contribution >= 4 is 17.5 Å². The van der Waals surface area contributed by atoms with E-state index in [1.165, 1.54) is 32.6 Å². The van der Waals surface area contributed by atoms with Gasteiger partial charge in [-0.2, -0.15) is 0 Å². The summed E-state index contributed by atoms with van der Waals surface area (Å²) in [5.74, 6) is 1.31. The number of ketones is 1. The van der Waals surface area contributed by atoms with Crippen molar-refractivity contribution in [3.63, 3.8) is 0 Å². The lowest BCUT2D eigenvalue weighted by Gasteiger charge is -2.25. The zero-order chi connectivity index (χ0) is 11.5. The maximum absolute atomic E-state index is 11.1. The number of thioether (sulfide) groups is 1. The molecule has 0 saturated heterocycles. The molecular formula is C13H18O2S. The lowest BCUT2D eigenvalue weighted by molar-refractivity contribution is 0.0982. The van der Waals surface area contributed by atoms with Crippen molar-refractivity contribution in [1.82, 2.24) is 0 Å². The van der Waals surface area contributed by atoms with Crippen LogP contribution in [0.2, 0.25) is 0 Å². The quantitative estimate of drug-likeness (QED) is 0.741. The van der Waals surface area contributed by atoms with Crippen molar-refractivity contribution in [3.8, 4) is 0 Å². The maximum atomic E-state index is 11.1. The van der Waals surface area contributed by atoms with Gasteiger partial charge in [0.2, 0.25) is 0 Å². The number of rotatable bonds is 3. The van der Waals surface area contributed by atoms with Gasteiger partial charge in [0.25, 0.3) is 0 Å². The third-order valence-corrected chi connectivity index (χ3v) is 4.31. The SMILES string of the molecule is CC(=O)c1ccc(SC2CCCC(C)C2)o1. The van der Waals surface area contributed by atoms with Crippen molar-refractivity contribution < 1.29 is 9.21 Å². The fourth-order valence-corrected chi connectivity index (χ4v) is 3.54. The number of Topliss-reactive ketones (excluding diaryl/α,β-unsaturated/α-hetero) is 1. The normalized spacial score (nSPS) is 25.6. The van der Waals surface area contributed by atoms with Crippen molar-refractivity contribution in [3.05, 3.63) is 17.9 Å². The average molecular weight is 238 g/mol. The second-order valence-corrected chi connectivity index (χ2v) is 5.99. The predicted octanol–water partition coefficient (Wildman–Crippen LogP) is 4.15. The van der Waals surface area contributed by atoms with Crippen LogP contribution < -0.4 is 0 Å². The Bertz CT molecular complexity index is 370. The second-order valence-electron chi connectivity index (χ2n) is 4.69. The lowest BCUT2D eigenvalue weighted by atomic mass is 9.91. The summed E-state index contributed by atoms with van der Waals surface area (Å²) in [6, 6.07) is 3.69. The zero-order valence-electron chi connectivity index (χ0n) is 9.86. The van der Waals surface area contributed by atoms with E-state index in [2.05, 4.69) is 6.92 Å². The van der Waals surface area contributed by atoms with Gasteiger partial charge in [-0.05, 0) is 30.9 Å². The van der Waals surface area contributed by atoms with E-state index >= 15 is 0 Å². The molecule has 1 aromatic rings. The van der Waals surface area contributed by atoms with Gasteiger partial charge in [-0.3, -0.25) is 4.79 Å². The molecule has 0 aliphatic heterocycles. The topological polar surface area (TPSA) is 30.2 Å². The Hall–Kier alpha value is -0.700. The van der Waals surface area contributed by atoms with E-state index < -0.39 is 0 Å². The van der Waals surface area contributed by atoms with Crippen molar-refractivity contribution in [2.75, 3.05) is 0 Å². The first-order valence-corrected chi connectivity index (χ1v) is 6.80. The molecule has 1 fully saturated rings. The lowest BCUT2D eigenvalue weighted by Crippen LogP contribution is -2.14. The smallest absolute Gasteiger partial charge is 0.194 e. The summed E-state index contributed by atoms with van der Waals surface area (Å²) < 4.78 is 5.50. The highest BCUT2D eigenvalue weighted by Gasteiger charge is 2.21. The Kier molecular flexibility index (Phi) is 3.74. The molecule has 1 aliphatic carbocycles. The fraction of sp³-hybridized carbons (Fsp3) is 0.615. The minimum Gasteiger partial charge on any atom is -0.447 e. The van der Waals surface area contributed by atoms with E-state index in [0.717, 1.165) is 11.0 Å². The van der Waals surface area contributed by atoms with Crippen LogP contribution >= 0.6 is 11.8 Å². The highest BCUT2D eigenvalue weighted by atomic mass is 32.2. The van der Waals surface area contributed by atoms with Gasteiger partial charge in [-0.25, -0.2) is 0 Å². The van der Waals surface area contributed by atoms with E-state index in [1.807, 2.05) is 6.07 Å². The van der Waals surface area contributed by atoms with E-state index in [4.69, 9.17) is 4.42 Å². The minimum absolute atomic E-state index is 0.00358. The molecule has 1 aliphatic rings. The Morgan fingerprint density at radius 3 is 2.88 bits per heavy atom. The molecule has 3 heteroatoms. The molecule has 16 heavy (non-hydrogen) atoms. The maximum Gasteiger partial charge on any atom is 0.194 e. The van der Waals surface area contributed by atoms with Crippen LogP contribution in [0.3, 0.4) is 0 Å². The summed E-state index contributed by atoms with van der Waals surface area (Å²) >= 11 is 1.79. The Morgan fingerprint density at radius 1 is 1.44 bits per heavy atom. The molecule has 2 unspecified atom stereocenters. The van der Waals surface area contributed by atoms with Gasteiger partial charge in [0.15, 0.2) is 16.6 Å². The molecule has 2 atom stereocenters. The molecule has 0 aromatic carbocycles. The van der Waals surface area contributed by atoms with Crippen LogP contribution in [0.25, 0.3) is 0 Å². The summed E-state index contributed by atoms with van der Waals surface area (Å²) in [6.07, 6.45) is 5.21. The Balaban J connectivity index is 1.95. The first-order valence-electron chi connectivity index (χ1n) is 5.92. The summed E-state index contributed by atoms with van der Waals surface area (Å²) in [4.78, 5) is 11.1. The third-order valence-electron chi connectivity index (χ3n) is 3.10. The molecule has 1 aromatic heterocycles. The van der Waals surface area contributed by atoms with Crippen molar-refractivity contribution in [2.45, 2.75) is 49.9 Å². The zero-order valence-corrected chi connectivity index (χ0v) is 10.7. The van der Waals surface area contributed by atoms with Crippen molar-refractivity contribution in [2.24, 2.45) is 5.92 Å². The van der Waals surface area contributed by atoms with Gasteiger partial charge in [-0.1, -0.05) is 31.5 Å². The molecule has 1 heterocycles. The molecule has 0 bridgehead atoms. The summed E-state index contributed by atoms with van der Waals surface area (Å²) in [5.41, 5.74) is 0. The van der Waals surface area contributed by atoms with Gasteiger partial charge in [0.05, 0.1) is 0 Å². The van der Waals surface area contributed by atoms with Crippen LogP contribution in [0.5, 0.6) is 0 Å². The summed E-state index contributed by atoms with van der Waals surface area (Å²) in [6.45, 7) is 3.85. The van der Waals surface area contributed by atoms with Gasteiger partial charge < -0.3 is 4.42 Å². The molecule has 2 rings (SSSR count). The average Bonchev–Trinajstić information content (AvgIpc) is 2.66.